The number of rotatable bonds is 10. The van der Waals surface area contributed by atoms with Gasteiger partial charge in [0.2, 0.25) is 33.3 Å². The molecule has 6 rings (SSSR count). The average Bonchev–Trinajstić information content (AvgIpc) is 4.04. The van der Waals surface area contributed by atoms with E-state index < -0.39 is 85.9 Å². The molecule has 0 spiro atoms. The molecular formula is C40H52F3N5O10S. The van der Waals surface area contributed by atoms with Gasteiger partial charge in [-0.05, 0) is 71.3 Å². The minimum Gasteiger partial charge on any atom is -0.494 e. The van der Waals surface area contributed by atoms with E-state index in [4.69, 9.17) is 18.9 Å². The van der Waals surface area contributed by atoms with Crippen LogP contribution in [0.1, 0.15) is 72.6 Å². The van der Waals surface area contributed by atoms with Gasteiger partial charge in [-0.1, -0.05) is 37.3 Å². The standard InChI is InChI=1S/C40H52F3N5O10S/c1-23-11-7-8-12-25-19-39(25,35(51)47-59(53,54)38(4)15-16-38)46-32(49)29-18-26(57-33-28-14-10-9-13-27(28)30(56-6)20-44-33)21-48(29)34(50)31(24(17-23)22-55-5)45-36(52)58-37(2,3)40(41,42)43/h8-10,12-14,20,23-26,29,31H,7,11,15-19,21-22H2,1-6H3,(H,45,52)(H,46,49)(H,47,51)/b12-8-/t23-,24-,25?,26+,29-,31-,39+/m0/s1. The molecule has 2 saturated carbocycles. The van der Waals surface area contributed by atoms with E-state index in [1.165, 1.54) is 32.2 Å². The Balaban J connectivity index is 1.38. The van der Waals surface area contributed by atoms with Crippen LogP contribution in [0.5, 0.6) is 11.6 Å². The normalized spacial score (nSPS) is 29.1. The zero-order chi connectivity index (χ0) is 43.1. The molecule has 7 atom stereocenters. The quantitative estimate of drug-likeness (QED) is 0.285. The van der Waals surface area contributed by atoms with Gasteiger partial charge in [0.1, 0.15) is 29.5 Å². The molecular weight excluding hydrogens is 800 g/mol. The van der Waals surface area contributed by atoms with E-state index in [1.54, 1.807) is 30.3 Å². The van der Waals surface area contributed by atoms with Gasteiger partial charge in [-0.25, -0.2) is 18.2 Å². The number of nitrogens with one attached hydrogen (secondary N) is 3. The lowest BCUT2D eigenvalue weighted by atomic mass is 9.87. The summed E-state index contributed by atoms with van der Waals surface area (Å²) in [4.78, 5) is 62.3. The Morgan fingerprint density at radius 3 is 2.42 bits per heavy atom. The lowest BCUT2D eigenvalue weighted by molar-refractivity contribution is -0.244. The Bertz CT molecular complexity index is 2090. The molecule has 0 radical (unpaired) electrons. The fourth-order valence-corrected chi connectivity index (χ4v) is 9.10. The number of fused-ring (bicyclic) bond motifs is 3. The number of alkyl halides is 3. The number of allylic oxidation sites excluding steroid dienone is 1. The van der Waals surface area contributed by atoms with Gasteiger partial charge in [-0.2, -0.15) is 13.2 Å². The topological polar surface area (TPSA) is 192 Å². The number of pyridine rings is 1. The van der Waals surface area contributed by atoms with Crippen LogP contribution in [0, 0.1) is 17.8 Å². The minimum atomic E-state index is -4.94. The largest absolute Gasteiger partial charge is 0.494 e. The number of hydrogen-bond acceptors (Lipinski definition) is 11. The van der Waals surface area contributed by atoms with Crippen molar-refractivity contribution >= 4 is 44.6 Å². The molecule has 324 valence electrons. The van der Waals surface area contributed by atoms with E-state index in [0.29, 0.717) is 56.1 Å². The summed E-state index contributed by atoms with van der Waals surface area (Å²) >= 11 is 0. The molecule has 1 unspecified atom stereocenters. The van der Waals surface area contributed by atoms with Crippen molar-refractivity contribution in [1.29, 1.82) is 0 Å². The van der Waals surface area contributed by atoms with Crippen LogP contribution in [-0.2, 0) is 33.9 Å². The summed E-state index contributed by atoms with van der Waals surface area (Å²) in [5, 5.41) is 6.43. The van der Waals surface area contributed by atoms with Crippen molar-refractivity contribution in [2.75, 3.05) is 27.4 Å². The second-order valence-corrected chi connectivity index (χ2v) is 19.1. The highest BCUT2D eigenvalue weighted by Gasteiger charge is 2.63. The molecule has 4 aliphatic rings. The molecule has 3 heterocycles. The maximum absolute atomic E-state index is 14.9. The summed E-state index contributed by atoms with van der Waals surface area (Å²) in [6.07, 6.45) is -0.215. The second-order valence-electron chi connectivity index (χ2n) is 16.9. The van der Waals surface area contributed by atoms with E-state index in [-0.39, 0.29) is 44.2 Å². The highest BCUT2D eigenvalue weighted by molar-refractivity contribution is 7.91. The predicted molar refractivity (Wildman–Crippen MR) is 208 cm³/mol. The van der Waals surface area contributed by atoms with Gasteiger partial charge in [0.25, 0.3) is 5.91 Å². The number of nitrogens with zero attached hydrogens (tertiary/aromatic N) is 2. The van der Waals surface area contributed by atoms with Crippen molar-refractivity contribution in [3.63, 3.8) is 0 Å². The summed E-state index contributed by atoms with van der Waals surface area (Å²) in [6, 6.07) is 4.24. The summed E-state index contributed by atoms with van der Waals surface area (Å²) in [5.41, 5.74) is -4.58. The number of sulfonamides is 1. The molecule has 2 aliphatic carbocycles. The van der Waals surface area contributed by atoms with Gasteiger partial charge < -0.3 is 34.5 Å². The Morgan fingerprint density at radius 1 is 1.08 bits per heavy atom. The molecule has 1 aromatic carbocycles. The van der Waals surface area contributed by atoms with Crippen LogP contribution in [0.2, 0.25) is 0 Å². The smallest absolute Gasteiger partial charge is 0.427 e. The third-order valence-corrected chi connectivity index (χ3v) is 14.1. The number of methoxy groups -OCH3 is 2. The SMILES string of the molecule is COC[C@@H]1C[C@@H](C)CC/C=C\C2C[C@@]2(C(=O)NS(=O)(=O)C2(C)CC2)NC(=O)[C@@H]2C[C@@H](Oc3ncc(OC)c4ccccc34)CN2C(=O)[C@H]1NC(=O)OC(C)(C)C(F)(F)F. The molecule has 1 saturated heterocycles. The number of ether oxygens (including phenoxy) is 4. The highest BCUT2D eigenvalue weighted by Crippen LogP contribution is 2.48. The van der Waals surface area contributed by atoms with Crippen LogP contribution in [0.4, 0.5) is 18.0 Å². The lowest BCUT2D eigenvalue weighted by Crippen LogP contribution is -2.60. The fourth-order valence-electron chi connectivity index (χ4n) is 7.79. The van der Waals surface area contributed by atoms with Crippen molar-refractivity contribution in [3.05, 3.63) is 42.6 Å². The zero-order valence-corrected chi connectivity index (χ0v) is 34.7. The van der Waals surface area contributed by atoms with Crippen molar-refractivity contribution in [1.82, 2.24) is 25.2 Å². The van der Waals surface area contributed by atoms with Gasteiger partial charge in [0, 0.05) is 36.1 Å². The number of benzene rings is 1. The zero-order valence-electron chi connectivity index (χ0n) is 33.9. The predicted octanol–water partition coefficient (Wildman–Crippen LogP) is 4.54. The molecule has 19 heteroatoms. The number of aromatic nitrogens is 1. The summed E-state index contributed by atoms with van der Waals surface area (Å²) in [7, 11) is -1.21. The van der Waals surface area contributed by atoms with Gasteiger partial charge in [-0.3, -0.25) is 19.1 Å². The van der Waals surface area contributed by atoms with Crippen LogP contribution >= 0.6 is 0 Å². The Hall–Kier alpha value is -4.65. The molecule has 4 amide bonds. The number of carbonyl (C=O) groups excluding carboxylic acids is 4. The first-order chi connectivity index (χ1) is 27.6. The van der Waals surface area contributed by atoms with E-state index in [1.807, 2.05) is 13.0 Å². The van der Waals surface area contributed by atoms with Gasteiger partial charge in [0.05, 0.1) is 31.2 Å². The van der Waals surface area contributed by atoms with Crippen LogP contribution in [0.3, 0.4) is 0 Å². The first-order valence-corrected chi connectivity index (χ1v) is 21.1. The summed E-state index contributed by atoms with van der Waals surface area (Å²) < 4.78 is 91.1. The monoisotopic (exact) mass is 851 g/mol. The third kappa shape index (κ3) is 9.10. The molecule has 2 aromatic rings. The second kappa shape index (κ2) is 16.4. The Kier molecular flexibility index (Phi) is 12.2. The number of halogens is 3. The maximum Gasteiger partial charge on any atom is 0.427 e. The molecule has 3 fully saturated rings. The lowest BCUT2D eigenvalue weighted by Gasteiger charge is -2.35. The fraction of sp³-hybridized carbons (Fsp3) is 0.625. The van der Waals surface area contributed by atoms with E-state index in [9.17, 15) is 40.8 Å². The summed E-state index contributed by atoms with van der Waals surface area (Å²) in [5.74, 6) is -3.37. The molecule has 2 aliphatic heterocycles. The van der Waals surface area contributed by atoms with Crippen LogP contribution in [-0.4, -0.2) is 110 Å². The highest BCUT2D eigenvalue weighted by atomic mass is 32.2. The van der Waals surface area contributed by atoms with Crippen molar-refractivity contribution in [2.24, 2.45) is 17.8 Å². The maximum atomic E-state index is 14.9. The van der Waals surface area contributed by atoms with Crippen molar-refractivity contribution in [2.45, 2.75) is 113 Å². The van der Waals surface area contributed by atoms with Crippen molar-refractivity contribution < 1.29 is 59.7 Å². The number of amides is 4. The first-order valence-electron chi connectivity index (χ1n) is 19.6. The van der Waals surface area contributed by atoms with Crippen LogP contribution in [0.15, 0.2) is 42.6 Å². The Morgan fingerprint density at radius 2 is 1.78 bits per heavy atom. The Labute approximate surface area is 341 Å². The van der Waals surface area contributed by atoms with Crippen LogP contribution in [0.25, 0.3) is 10.8 Å². The first kappa shape index (κ1) is 43.9. The van der Waals surface area contributed by atoms with E-state index >= 15 is 0 Å². The third-order valence-electron chi connectivity index (χ3n) is 12.0. The number of carbonyl (C=O) groups is 4. The van der Waals surface area contributed by atoms with Gasteiger partial charge >= 0.3 is 12.3 Å². The molecule has 59 heavy (non-hydrogen) atoms. The van der Waals surface area contributed by atoms with Crippen molar-refractivity contribution in [3.8, 4) is 11.6 Å². The molecule has 15 nitrogen and oxygen atoms in total. The number of alkyl carbamates (subject to hydrolysis) is 1. The van der Waals surface area contributed by atoms with Gasteiger partial charge in [-0.15, -0.1) is 0 Å². The molecule has 1 aromatic heterocycles. The van der Waals surface area contributed by atoms with Crippen LogP contribution < -0.4 is 24.8 Å². The van der Waals surface area contributed by atoms with Gasteiger partial charge in [0.15, 0.2) is 0 Å². The average molecular weight is 852 g/mol. The molecule has 3 N–H and O–H groups in total. The number of hydrogen-bond donors (Lipinski definition) is 3. The van der Waals surface area contributed by atoms with E-state index in [2.05, 4.69) is 20.3 Å². The van der Waals surface area contributed by atoms with E-state index in [0.717, 1.165) is 0 Å². The molecule has 0 bridgehead atoms. The minimum absolute atomic E-state index is 0.0894. The summed E-state index contributed by atoms with van der Waals surface area (Å²) in [6.45, 7) is 4.47.